The first-order chi connectivity index (χ1) is 7.58. The fourth-order valence-electron chi connectivity index (χ4n) is 1.59. The van der Waals surface area contributed by atoms with Crippen molar-refractivity contribution < 1.29 is 9.53 Å². The molecule has 0 saturated carbocycles. The first-order valence-corrected chi connectivity index (χ1v) is 5.37. The van der Waals surface area contributed by atoms with E-state index in [0.717, 1.165) is 17.1 Å². The van der Waals surface area contributed by atoms with Crippen LogP contribution < -0.4 is 15.0 Å². The highest BCUT2D eigenvalue weighted by Crippen LogP contribution is 2.31. The van der Waals surface area contributed by atoms with Gasteiger partial charge in [0, 0.05) is 18.8 Å². The van der Waals surface area contributed by atoms with Gasteiger partial charge in [0.2, 0.25) is 0 Å². The molecular weight excluding hydrogens is 204 g/mol. The molecule has 4 nitrogen and oxygen atoms in total. The Balaban J connectivity index is 2.31. The molecular formula is C12H16N2O2. The molecule has 1 aromatic rings. The van der Waals surface area contributed by atoms with Crippen LogP contribution in [0.1, 0.15) is 13.8 Å². The Labute approximate surface area is 95.2 Å². The lowest BCUT2D eigenvalue weighted by molar-refractivity contribution is -0.118. The number of rotatable bonds is 2. The van der Waals surface area contributed by atoms with E-state index in [0.29, 0.717) is 6.04 Å². The van der Waals surface area contributed by atoms with Gasteiger partial charge < -0.3 is 15.0 Å². The van der Waals surface area contributed by atoms with E-state index >= 15 is 0 Å². The fourth-order valence-corrected chi connectivity index (χ4v) is 1.59. The number of carbonyl (C=O) groups is 1. The normalized spacial score (nSPS) is 14.1. The number of amides is 1. The van der Waals surface area contributed by atoms with Crippen molar-refractivity contribution in [2.24, 2.45) is 0 Å². The van der Waals surface area contributed by atoms with Gasteiger partial charge in [0.15, 0.2) is 6.61 Å². The Morgan fingerprint density at radius 3 is 2.88 bits per heavy atom. The van der Waals surface area contributed by atoms with E-state index in [1.165, 1.54) is 0 Å². The second kappa shape index (κ2) is 4.04. The summed E-state index contributed by atoms with van der Waals surface area (Å²) in [6.07, 6.45) is 0. The van der Waals surface area contributed by atoms with Crippen LogP contribution in [0, 0.1) is 0 Å². The lowest BCUT2D eigenvalue weighted by atomic mass is 10.2. The predicted octanol–water partition coefficient (Wildman–Crippen LogP) is 1.86. The number of benzene rings is 1. The summed E-state index contributed by atoms with van der Waals surface area (Å²) >= 11 is 0. The van der Waals surface area contributed by atoms with Crippen molar-refractivity contribution >= 4 is 17.3 Å². The minimum atomic E-state index is -0.100. The van der Waals surface area contributed by atoms with E-state index in [4.69, 9.17) is 4.74 Å². The molecule has 1 aliphatic heterocycles. The van der Waals surface area contributed by atoms with E-state index in [1.807, 2.05) is 25.2 Å². The maximum Gasteiger partial charge on any atom is 0.262 e. The Kier molecular flexibility index (Phi) is 2.73. The Morgan fingerprint density at radius 2 is 2.19 bits per heavy atom. The molecule has 0 atom stereocenters. The molecule has 0 bridgehead atoms. The summed E-state index contributed by atoms with van der Waals surface area (Å²) in [6, 6.07) is 6.24. The van der Waals surface area contributed by atoms with Gasteiger partial charge in [-0.1, -0.05) is 0 Å². The van der Waals surface area contributed by atoms with Crippen molar-refractivity contribution in [3.63, 3.8) is 0 Å². The van der Waals surface area contributed by atoms with Crippen molar-refractivity contribution in [3.05, 3.63) is 18.2 Å². The van der Waals surface area contributed by atoms with E-state index in [-0.39, 0.29) is 12.5 Å². The highest BCUT2D eigenvalue weighted by Gasteiger charge is 2.17. The van der Waals surface area contributed by atoms with Crippen LogP contribution in [-0.2, 0) is 4.79 Å². The molecule has 1 aromatic carbocycles. The van der Waals surface area contributed by atoms with Gasteiger partial charge >= 0.3 is 0 Å². The van der Waals surface area contributed by atoms with Gasteiger partial charge in [0.1, 0.15) is 5.75 Å². The fraction of sp³-hybridized carbons (Fsp3) is 0.417. The molecule has 0 saturated heterocycles. The van der Waals surface area contributed by atoms with Crippen molar-refractivity contribution in [3.8, 4) is 5.75 Å². The molecule has 1 aliphatic rings. The Bertz CT molecular complexity index is 415. The van der Waals surface area contributed by atoms with E-state index in [9.17, 15) is 4.79 Å². The molecule has 0 aromatic heterocycles. The van der Waals surface area contributed by atoms with Gasteiger partial charge in [-0.25, -0.2) is 0 Å². The van der Waals surface area contributed by atoms with Crippen LogP contribution in [0.4, 0.5) is 11.4 Å². The molecule has 1 heterocycles. The van der Waals surface area contributed by atoms with Crippen LogP contribution >= 0.6 is 0 Å². The number of ether oxygens (including phenoxy) is 1. The van der Waals surface area contributed by atoms with Crippen LogP contribution in [0.2, 0.25) is 0 Å². The zero-order chi connectivity index (χ0) is 11.7. The van der Waals surface area contributed by atoms with Crippen molar-refractivity contribution in [2.45, 2.75) is 19.9 Å². The van der Waals surface area contributed by atoms with Crippen molar-refractivity contribution in [1.82, 2.24) is 0 Å². The second-order valence-corrected chi connectivity index (χ2v) is 4.22. The summed E-state index contributed by atoms with van der Waals surface area (Å²) in [4.78, 5) is 13.3. The first-order valence-electron chi connectivity index (χ1n) is 5.37. The molecule has 2 rings (SSSR count). The lowest BCUT2D eigenvalue weighted by Gasteiger charge is -2.26. The molecule has 0 radical (unpaired) electrons. The first kappa shape index (κ1) is 10.8. The number of hydrogen-bond acceptors (Lipinski definition) is 3. The van der Waals surface area contributed by atoms with Crippen LogP contribution in [0.25, 0.3) is 0 Å². The molecule has 4 heteroatoms. The van der Waals surface area contributed by atoms with Crippen LogP contribution in [0.3, 0.4) is 0 Å². The van der Waals surface area contributed by atoms with Crippen molar-refractivity contribution in [1.29, 1.82) is 0 Å². The number of carbonyl (C=O) groups excluding carboxylic acids is 1. The minimum Gasteiger partial charge on any atom is -0.482 e. The SMILES string of the molecule is CC(C)N(C)c1ccc2c(c1)NC(=O)CO2. The monoisotopic (exact) mass is 220 g/mol. The van der Waals surface area contributed by atoms with Crippen LogP contribution in [0.15, 0.2) is 18.2 Å². The molecule has 0 fully saturated rings. The number of anilines is 2. The number of fused-ring (bicyclic) bond motifs is 1. The number of nitrogens with zero attached hydrogens (tertiary/aromatic N) is 1. The second-order valence-electron chi connectivity index (χ2n) is 4.22. The van der Waals surface area contributed by atoms with Gasteiger partial charge in [0.25, 0.3) is 5.91 Å². The molecule has 0 spiro atoms. The standard InChI is InChI=1S/C12H16N2O2/c1-8(2)14(3)9-4-5-11-10(6-9)13-12(15)7-16-11/h4-6,8H,7H2,1-3H3,(H,13,15). The third-order valence-electron chi connectivity index (χ3n) is 2.78. The Morgan fingerprint density at radius 1 is 1.44 bits per heavy atom. The third kappa shape index (κ3) is 1.96. The highest BCUT2D eigenvalue weighted by atomic mass is 16.5. The zero-order valence-electron chi connectivity index (χ0n) is 9.78. The summed E-state index contributed by atoms with van der Waals surface area (Å²) in [5, 5.41) is 2.80. The van der Waals surface area contributed by atoms with E-state index in [2.05, 4.69) is 24.1 Å². The predicted molar refractivity (Wildman–Crippen MR) is 64.1 cm³/mol. The zero-order valence-corrected chi connectivity index (χ0v) is 9.78. The smallest absolute Gasteiger partial charge is 0.262 e. The van der Waals surface area contributed by atoms with Crippen LogP contribution in [-0.4, -0.2) is 25.6 Å². The molecule has 16 heavy (non-hydrogen) atoms. The molecule has 1 N–H and O–H groups in total. The quantitative estimate of drug-likeness (QED) is 0.827. The largest absolute Gasteiger partial charge is 0.482 e. The molecule has 0 unspecified atom stereocenters. The number of hydrogen-bond donors (Lipinski definition) is 1. The maximum absolute atomic E-state index is 11.2. The van der Waals surface area contributed by atoms with E-state index in [1.54, 1.807) is 0 Å². The molecule has 1 amide bonds. The molecule has 86 valence electrons. The Hall–Kier alpha value is -1.71. The summed E-state index contributed by atoms with van der Waals surface area (Å²) < 4.78 is 5.30. The summed E-state index contributed by atoms with van der Waals surface area (Å²) in [5.41, 5.74) is 1.82. The van der Waals surface area contributed by atoms with Gasteiger partial charge in [-0.05, 0) is 32.0 Å². The van der Waals surface area contributed by atoms with Gasteiger partial charge in [-0.3, -0.25) is 4.79 Å². The van der Waals surface area contributed by atoms with Gasteiger partial charge in [-0.2, -0.15) is 0 Å². The van der Waals surface area contributed by atoms with Gasteiger partial charge in [-0.15, -0.1) is 0 Å². The third-order valence-corrected chi connectivity index (χ3v) is 2.78. The average molecular weight is 220 g/mol. The van der Waals surface area contributed by atoms with Crippen molar-refractivity contribution in [2.75, 3.05) is 23.9 Å². The molecule has 0 aliphatic carbocycles. The minimum absolute atomic E-state index is 0.100. The topological polar surface area (TPSA) is 41.6 Å². The maximum atomic E-state index is 11.2. The van der Waals surface area contributed by atoms with E-state index < -0.39 is 0 Å². The average Bonchev–Trinajstić information content (AvgIpc) is 2.26. The van der Waals surface area contributed by atoms with Gasteiger partial charge in [0.05, 0.1) is 5.69 Å². The highest BCUT2D eigenvalue weighted by molar-refractivity contribution is 5.96. The van der Waals surface area contributed by atoms with Crippen LogP contribution in [0.5, 0.6) is 5.75 Å². The number of nitrogens with one attached hydrogen (secondary N) is 1. The summed E-state index contributed by atoms with van der Waals surface area (Å²) in [6.45, 7) is 4.34. The summed E-state index contributed by atoms with van der Waals surface area (Å²) in [5.74, 6) is 0.636. The lowest BCUT2D eigenvalue weighted by Crippen LogP contribution is -2.28. The summed E-state index contributed by atoms with van der Waals surface area (Å²) in [7, 11) is 2.03.